The number of nitrogens with one attached hydrogen (secondary N) is 1. The van der Waals surface area contributed by atoms with Crippen LogP contribution in [0.1, 0.15) is 33.1 Å². The molecule has 0 aromatic carbocycles. The molecule has 3 fully saturated rings. The van der Waals surface area contributed by atoms with Gasteiger partial charge in [0.15, 0.2) is 0 Å². The van der Waals surface area contributed by atoms with Gasteiger partial charge in [-0.3, -0.25) is 4.90 Å². The second kappa shape index (κ2) is 5.32. The fourth-order valence-electron chi connectivity index (χ4n) is 3.34. The average Bonchev–Trinajstić information content (AvgIpc) is 3.06. The summed E-state index contributed by atoms with van der Waals surface area (Å²) in [6.45, 7) is 11.5. The third-order valence-corrected chi connectivity index (χ3v) is 4.59. The molecular weight excluding hydrogens is 240 g/mol. The normalized spacial score (nSPS) is 35.7. The van der Waals surface area contributed by atoms with Gasteiger partial charge in [0.05, 0.1) is 18.8 Å². The Morgan fingerprint density at radius 1 is 1.26 bits per heavy atom. The van der Waals surface area contributed by atoms with Crippen molar-refractivity contribution in [1.29, 1.82) is 0 Å². The van der Waals surface area contributed by atoms with Crippen molar-refractivity contribution in [3.8, 4) is 0 Å². The summed E-state index contributed by atoms with van der Waals surface area (Å²) in [5.41, 5.74) is 0.332. The SMILES string of the molecule is CC1(C)CN(CC2(CNC3CC3)CCOC2)CCO1. The Labute approximate surface area is 116 Å². The second-order valence-electron chi connectivity index (χ2n) is 7.28. The van der Waals surface area contributed by atoms with Crippen molar-refractivity contribution in [2.45, 2.75) is 44.8 Å². The molecule has 2 saturated heterocycles. The molecule has 3 rings (SSSR count). The molecule has 0 spiro atoms. The summed E-state index contributed by atoms with van der Waals surface area (Å²) < 4.78 is 11.5. The zero-order valence-corrected chi connectivity index (χ0v) is 12.4. The molecule has 3 aliphatic rings. The minimum Gasteiger partial charge on any atom is -0.381 e. The van der Waals surface area contributed by atoms with Crippen molar-refractivity contribution in [2.75, 3.05) is 46.0 Å². The van der Waals surface area contributed by atoms with E-state index < -0.39 is 0 Å². The molecule has 1 N–H and O–H groups in total. The Bertz CT molecular complexity index is 309. The van der Waals surface area contributed by atoms with Crippen LogP contribution in [0.3, 0.4) is 0 Å². The summed E-state index contributed by atoms with van der Waals surface area (Å²) in [6.07, 6.45) is 3.92. The van der Waals surface area contributed by atoms with E-state index >= 15 is 0 Å². The monoisotopic (exact) mass is 268 g/mol. The molecule has 110 valence electrons. The molecule has 0 aromatic heterocycles. The summed E-state index contributed by atoms with van der Waals surface area (Å²) in [6, 6.07) is 0.790. The van der Waals surface area contributed by atoms with E-state index in [1.807, 2.05) is 0 Å². The van der Waals surface area contributed by atoms with Gasteiger partial charge >= 0.3 is 0 Å². The van der Waals surface area contributed by atoms with Gasteiger partial charge in [-0.05, 0) is 33.1 Å². The maximum Gasteiger partial charge on any atom is 0.0753 e. The fraction of sp³-hybridized carbons (Fsp3) is 1.00. The first kappa shape index (κ1) is 13.8. The first-order valence-electron chi connectivity index (χ1n) is 7.75. The van der Waals surface area contributed by atoms with Crippen molar-refractivity contribution in [1.82, 2.24) is 10.2 Å². The lowest BCUT2D eigenvalue weighted by atomic mass is 9.85. The minimum atomic E-state index is 0.00280. The molecule has 1 saturated carbocycles. The first-order chi connectivity index (χ1) is 9.07. The quantitative estimate of drug-likeness (QED) is 0.814. The van der Waals surface area contributed by atoms with E-state index in [1.54, 1.807) is 0 Å². The van der Waals surface area contributed by atoms with Crippen LogP contribution in [0, 0.1) is 5.41 Å². The Morgan fingerprint density at radius 2 is 2.11 bits per heavy atom. The van der Waals surface area contributed by atoms with Gasteiger partial charge in [0.1, 0.15) is 0 Å². The van der Waals surface area contributed by atoms with E-state index in [2.05, 4.69) is 24.1 Å². The van der Waals surface area contributed by atoms with Crippen LogP contribution in [0.5, 0.6) is 0 Å². The molecule has 0 aromatic rings. The third-order valence-electron chi connectivity index (χ3n) is 4.59. The van der Waals surface area contributed by atoms with Crippen LogP contribution in [0.4, 0.5) is 0 Å². The zero-order chi connectivity index (χ0) is 13.3. The topological polar surface area (TPSA) is 33.7 Å². The Hall–Kier alpha value is -0.160. The lowest BCUT2D eigenvalue weighted by Crippen LogP contribution is -2.53. The molecule has 4 heteroatoms. The predicted molar refractivity (Wildman–Crippen MR) is 75.4 cm³/mol. The molecule has 19 heavy (non-hydrogen) atoms. The molecule has 1 aliphatic carbocycles. The molecule has 2 aliphatic heterocycles. The van der Waals surface area contributed by atoms with E-state index in [1.165, 1.54) is 19.3 Å². The van der Waals surface area contributed by atoms with Gasteiger partial charge in [0.2, 0.25) is 0 Å². The van der Waals surface area contributed by atoms with Gasteiger partial charge < -0.3 is 14.8 Å². The highest BCUT2D eigenvalue weighted by Crippen LogP contribution is 2.32. The van der Waals surface area contributed by atoms with Gasteiger partial charge in [-0.2, -0.15) is 0 Å². The lowest BCUT2D eigenvalue weighted by molar-refractivity contribution is -0.0945. The van der Waals surface area contributed by atoms with Crippen LogP contribution in [0.25, 0.3) is 0 Å². The fourth-order valence-corrected chi connectivity index (χ4v) is 3.34. The van der Waals surface area contributed by atoms with Gasteiger partial charge in [-0.25, -0.2) is 0 Å². The summed E-state index contributed by atoms with van der Waals surface area (Å²) >= 11 is 0. The van der Waals surface area contributed by atoms with Gasteiger partial charge in [-0.15, -0.1) is 0 Å². The van der Waals surface area contributed by atoms with Crippen LogP contribution in [-0.4, -0.2) is 62.5 Å². The van der Waals surface area contributed by atoms with E-state index in [0.717, 1.165) is 52.0 Å². The number of nitrogens with zero attached hydrogens (tertiary/aromatic N) is 1. The van der Waals surface area contributed by atoms with Crippen LogP contribution in [0.2, 0.25) is 0 Å². The van der Waals surface area contributed by atoms with Crippen molar-refractivity contribution in [3.63, 3.8) is 0 Å². The molecule has 0 bridgehead atoms. The standard InChI is InChI=1S/C15H28N2O2/c1-14(2)10-17(6-8-19-14)11-15(5-7-18-12-15)9-16-13-3-4-13/h13,16H,3-12H2,1-2H3. The second-order valence-corrected chi connectivity index (χ2v) is 7.28. The van der Waals surface area contributed by atoms with Crippen molar-refractivity contribution >= 4 is 0 Å². The van der Waals surface area contributed by atoms with Crippen LogP contribution < -0.4 is 5.32 Å². The maximum atomic E-state index is 5.81. The molecule has 2 heterocycles. The van der Waals surface area contributed by atoms with Crippen LogP contribution >= 0.6 is 0 Å². The lowest BCUT2D eigenvalue weighted by Gasteiger charge is -2.42. The maximum absolute atomic E-state index is 5.81. The number of rotatable bonds is 5. The molecule has 0 radical (unpaired) electrons. The summed E-state index contributed by atoms with van der Waals surface area (Å²) in [5.74, 6) is 0. The summed E-state index contributed by atoms with van der Waals surface area (Å²) in [4.78, 5) is 2.58. The Balaban J connectivity index is 1.57. The van der Waals surface area contributed by atoms with Crippen LogP contribution in [0.15, 0.2) is 0 Å². The van der Waals surface area contributed by atoms with E-state index in [-0.39, 0.29) is 5.60 Å². The highest BCUT2D eigenvalue weighted by atomic mass is 16.5. The largest absolute Gasteiger partial charge is 0.381 e. The summed E-state index contributed by atoms with van der Waals surface area (Å²) in [5, 5.41) is 3.71. The smallest absolute Gasteiger partial charge is 0.0753 e. The molecule has 1 atom stereocenters. The number of morpholine rings is 1. The van der Waals surface area contributed by atoms with Crippen LogP contribution in [-0.2, 0) is 9.47 Å². The minimum absolute atomic E-state index is 0.00280. The summed E-state index contributed by atoms with van der Waals surface area (Å²) in [7, 11) is 0. The number of hydrogen-bond acceptors (Lipinski definition) is 4. The van der Waals surface area contributed by atoms with E-state index in [9.17, 15) is 0 Å². The molecule has 0 amide bonds. The highest BCUT2D eigenvalue weighted by Gasteiger charge is 2.39. The van der Waals surface area contributed by atoms with Gasteiger partial charge in [-0.1, -0.05) is 0 Å². The van der Waals surface area contributed by atoms with Gasteiger partial charge in [0.25, 0.3) is 0 Å². The zero-order valence-electron chi connectivity index (χ0n) is 12.4. The number of ether oxygens (including phenoxy) is 2. The third kappa shape index (κ3) is 3.69. The van der Waals surface area contributed by atoms with Crippen molar-refractivity contribution in [3.05, 3.63) is 0 Å². The molecular formula is C15H28N2O2. The predicted octanol–water partition coefficient (Wildman–Crippen LogP) is 1.26. The first-order valence-corrected chi connectivity index (χ1v) is 7.75. The number of hydrogen-bond donors (Lipinski definition) is 1. The van der Waals surface area contributed by atoms with E-state index in [4.69, 9.17) is 9.47 Å². The Morgan fingerprint density at radius 3 is 2.74 bits per heavy atom. The van der Waals surface area contributed by atoms with Crippen molar-refractivity contribution < 1.29 is 9.47 Å². The Kier molecular flexibility index (Phi) is 3.87. The van der Waals surface area contributed by atoms with Crippen molar-refractivity contribution in [2.24, 2.45) is 5.41 Å². The molecule has 4 nitrogen and oxygen atoms in total. The average molecular weight is 268 g/mol. The van der Waals surface area contributed by atoms with Gasteiger partial charge in [0, 0.05) is 44.2 Å². The molecule has 1 unspecified atom stereocenters. The highest BCUT2D eigenvalue weighted by molar-refractivity contribution is 4.93. The van der Waals surface area contributed by atoms with E-state index in [0.29, 0.717) is 5.41 Å².